The molecule has 0 spiro atoms. The second-order valence-corrected chi connectivity index (χ2v) is 7.48. The number of thiazole rings is 1. The van der Waals surface area contributed by atoms with Crippen molar-refractivity contribution in [2.45, 2.75) is 40.5 Å². The minimum atomic E-state index is -0.0319. The van der Waals surface area contributed by atoms with Gasteiger partial charge in [-0.25, -0.2) is 4.98 Å². The number of aryl methyl sites for hydroxylation is 2. The Morgan fingerprint density at radius 1 is 1.33 bits per heavy atom. The van der Waals surface area contributed by atoms with Crippen LogP contribution in [0.4, 0.5) is 0 Å². The van der Waals surface area contributed by atoms with E-state index in [-0.39, 0.29) is 5.91 Å². The minimum absolute atomic E-state index is 0.0319. The van der Waals surface area contributed by atoms with Crippen LogP contribution in [0.2, 0.25) is 0 Å². The van der Waals surface area contributed by atoms with E-state index in [9.17, 15) is 4.79 Å². The first kappa shape index (κ1) is 18.5. The van der Waals surface area contributed by atoms with E-state index in [1.807, 2.05) is 38.1 Å². The monoisotopic (exact) mass is 346 g/mol. The normalized spacial score (nSPS) is 10.9. The molecule has 0 bridgehead atoms. The zero-order valence-corrected chi connectivity index (χ0v) is 15.7. The van der Waals surface area contributed by atoms with E-state index >= 15 is 0 Å². The molecule has 0 aliphatic heterocycles. The quantitative estimate of drug-likeness (QED) is 0.730. The van der Waals surface area contributed by atoms with Crippen molar-refractivity contribution in [3.05, 3.63) is 45.4 Å². The Labute approximate surface area is 148 Å². The predicted molar refractivity (Wildman–Crippen MR) is 99.0 cm³/mol. The van der Waals surface area contributed by atoms with Crippen molar-refractivity contribution in [1.29, 1.82) is 0 Å². The van der Waals surface area contributed by atoms with E-state index < -0.39 is 0 Å². The first-order valence-electron chi connectivity index (χ1n) is 8.39. The Kier molecular flexibility index (Phi) is 6.79. The van der Waals surface area contributed by atoms with Crippen LogP contribution in [-0.4, -0.2) is 24.0 Å². The Morgan fingerprint density at radius 2 is 2.12 bits per heavy atom. The number of rotatable bonds is 8. The molecule has 0 fully saturated rings. The molecule has 0 saturated heterocycles. The van der Waals surface area contributed by atoms with E-state index in [1.165, 1.54) is 16.9 Å². The number of carbonyl (C=O) groups excluding carboxylic acids is 1. The van der Waals surface area contributed by atoms with Gasteiger partial charge in [-0.2, -0.15) is 0 Å². The average molecular weight is 346 g/mol. The van der Waals surface area contributed by atoms with Crippen LogP contribution in [0.3, 0.4) is 0 Å². The van der Waals surface area contributed by atoms with Crippen molar-refractivity contribution in [2.24, 2.45) is 5.92 Å². The van der Waals surface area contributed by atoms with Crippen molar-refractivity contribution in [3.63, 3.8) is 0 Å². The highest BCUT2D eigenvalue weighted by molar-refractivity contribution is 7.13. The summed E-state index contributed by atoms with van der Waals surface area (Å²) in [5, 5.41) is 3.99. The molecule has 1 N–H and O–H groups in total. The molecule has 2 rings (SSSR count). The van der Waals surface area contributed by atoms with Crippen LogP contribution in [0.1, 0.15) is 46.2 Å². The van der Waals surface area contributed by atoms with Crippen LogP contribution >= 0.6 is 11.3 Å². The highest BCUT2D eigenvalue weighted by Gasteiger charge is 2.15. The first-order chi connectivity index (χ1) is 11.5. The molecule has 0 aliphatic carbocycles. The zero-order chi connectivity index (χ0) is 17.5. The number of ether oxygens (including phenoxy) is 1. The van der Waals surface area contributed by atoms with Gasteiger partial charge in [-0.15, -0.1) is 11.3 Å². The van der Waals surface area contributed by atoms with Crippen LogP contribution in [0.15, 0.2) is 24.3 Å². The van der Waals surface area contributed by atoms with Gasteiger partial charge in [0.25, 0.3) is 5.91 Å². The van der Waals surface area contributed by atoms with Gasteiger partial charge < -0.3 is 10.1 Å². The minimum Gasteiger partial charge on any atom is -0.494 e. The van der Waals surface area contributed by atoms with E-state index in [0.717, 1.165) is 34.2 Å². The number of nitrogens with one attached hydrogen (secondary N) is 1. The third-order valence-electron chi connectivity index (χ3n) is 3.49. The maximum Gasteiger partial charge on any atom is 0.263 e. The molecule has 24 heavy (non-hydrogen) atoms. The molecule has 1 heterocycles. The third-order valence-corrected chi connectivity index (χ3v) is 4.67. The van der Waals surface area contributed by atoms with Gasteiger partial charge in [-0.05, 0) is 43.9 Å². The van der Waals surface area contributed by atoms with E-state index in [4.69, 9.17) is 4.74 Å². The largest absolute Gasteiger partial charge is 0.494 e. The van der Waals surface area contributed by atoms with Gasteiger partial charge >= 0.3 is 0 Å². The molecule has 130 valence electrons. The van der Waals surface area contributed by atoms with Crippen molar-refractivity contribution in [1.82, 2.24) is 10.3 Å². The lowest BCUT2D eigenvalue weighted by atomic mass is 10.1. The molecule has 0 saturated carbocycles. The second kappa shape index (κ2) is 8.83. The number of nitrogens with zero attached hydrogens (tertiary/aromatic N) is 1. The maximum atomic E-state index is 12.3. The standard InChI is InChI=1S/C19H26N2O2S/c1-13(2)11-17-21-15(4)18(24-17)19(22)20-9-6-10-23-16-8-5-7-14(3)12-16/h5,7-8,12-13H,6,9-11H2,1-4H3,(H,20,22). The van der Waals surface area contributed by atoms with Crippen LogP contribution in [0, 0.1) is 19.8 Å². The van der Waals surface area contributed by atoms with E-state index in [2.05, 4.69) is 24.1 Å². The molecule has 1 aromatic heterocycles. The molecular formula is C19H26N2O2S. The molecule has 5 heteroatoms. The Morgan fingerprint density at radius 3 is 2.83 bits per heavy atom. The van der Waals surface area contributed by atoms with Crippen molar-refractivity contribution >= 4 is 17.2 Å². The molecule has 1 aromatic carbocycles. The number of hydrogen-bond acceptors (Lipinski definition) is 4. The fourth-order valence-electron chi connectivity index (χ4n) is 2.35. The summed E-state index contributed by atoms with van der Waals surface area (Å²) in [6, 6.07) is 7.98. The maximum absolute atomic E-state index is 12.3. The lowest BCUT2D eigenvalue weighted by Gasteiger charge is -2.07. The molecular weight excluding hydrogens is 320 g/mol. The number of amides is 1. The highest BCUT2D eigenvalue weighted by Crippen LogP contribution is 2.20. The third kappa shape index (κ3) is 5.64. The van der Waals surface area contributed by atoms with E-state index in [1.54, 1.807) is 0 Å². The average Bonchev–Trinajstić information content (AvgIpc) is 2.86. The Balaban J connectivity index is 1.74. The molecule has 2 aromatic rings. The van der Waals surface area contributed by atoms with Gasteiger partial charge in [0.1, 0.15) is 10.6 Å². The van der Waals surface area contributed by atoms with Gasteiger partial charge in [-0.1, -0.05) is 26.0 Å². The summed E-state index contributed by atoms with van der Waals surface area (Å²) >= 11 is 1.50. The van der Waals surface area contributed by atoms with Crippen LogP contribution in [0.5, 0.6) is 5.75 Å². The number of carbonyl (C=O) groups is 1. The predicted octanol–water partition coefficient (Wildman–Crippen LogP) is 4.16. The molecule has 0 aliphatic rings. The van der Waals surface area contributed by atoms with Crippen LogP contribution in [-0.2, 0) is 6.42 Å². The van der Waals surface area contributed by atoms with Gasteiger partial charge in [0.15, 0.2) is 0 Å². The summed E-state index contributed by atoms with van der Waals surface area (Å²) in [6.45, 7) is 9.44. The van der Waals surface area contributed by atoms with Crippen molar-refractivity contribution < 1.29 is 9.53 Å². The SMILES string of the molecule is Cc1cccc(OCCCNC(=O)c2sc(CC(C)C)nc2C)c1. The molecule has 0 unspecified atom stereocenters. The molecule has 1 amide bonds. The zero-order valence-electron chi connectivity index (χ0n) is 14.9. The Bertz CT molecular complexity index is 680. The summed E-state index contributed by atoms with van der Waals surface area (Å²) in [5.41, 5.74) is 2.00. The highest BCUT2D eigenvalue weighted by atomic mass is 32.1. The molecule has 0 radical (unpaired) electrons. The van der Waals surface area contributed by atoms with Crippen LogP contribution in [0.25, 0.3) is 0 Å². The van der Waals surface area contributed by atoms with Crippen LogP contribution < -0.4 is 10.1 Å². The summed E-state index contributed by atoms with van der Waals surface area (Å²) in [7, 11) is 0. The number of aromatic nitrogens is 1. The lowest BCUT2D eigenvalue weighted by Crippen LogP contribution is -2.25. The molecule has 0 atom stereocenters. The summed E-state index contributed by atoms with van der Waals surface area (Å²) < 4.78 is 5.68. The Hall–Kier alpha value is -1.88. The topological polar surface area (TPSA) is 51.2 Å². The fraction of sp³-hybridized carbons (Fsp3) is 0.474. The number of benzene rings is 1. The fourth-order valence-corrected chi connectivity index (χ4v) is 3.54. The van der Waals surface area contributed by atoms with Crippen molar-refractivity contribution in [3.8, 4) is 5.75 Å². The first-order valence-corrected chi connectivity index (χ1v) is 9.21. The summed E-state index contributed by atoms with van der Waals surface area (Å²) in [6.07, 6.45) is 1.69. The summed E-state index contributed by atoms with van der Waals surface area (Å²) in [4.78, 5) is 17.5. The number of hydrogen-bond donors (Lipinski definition) is 1. The van der Waals surface area contributed by atoms with E-state index in [0.29, 0.717) is 19.1 Å². The van der Waals surface area contributed by atoms with Gasteiger partial charge in [-0.3, -0.25) is 4.79 Å². The summed E-state index contributed by atoms with van der Waals surface area (Å²) in [5.74, 6) is 1.39. The van der Waals surface area contributed by atoms with Gasteiger partial charge in [0.2, 0.25) is 0 Å². The smallest absolute Gasteiger partial charge is 0.263 e. The van der Waals surface area contributed by atoms with Crippen molar-refractivity contribution in [2.75, 3.05) is 13.2 Å². The second-order valence-electron chi connectivity index (χ2n) is 6.39. The lowest BCUT2D eigenvalue weighted by molar-refractivity contribution is 0.0955. The molecule has 4 nitrogen and oxygen atoms in total. The van der Waals surface area contributed by atoms with Gasteiger partial charge in [0.05, 0.1) is 17.3 Å². The van der Waals surface area contributed by atoms with Gasteiger partial charge in [0, 0.05) is 13.0 Å².